The van der Waals surface area contributed by atoms with Gasteiger partial charge >= 0.3 is 0 Å². The van der Waals surface area contributed by atoms with Crippen LogP contribution in [0, 0.1) is 0 Å². The SMILES string of the molecule is CCCCOc1ccc(C2(c3ccc(OCCCC)cc3)C=Cc3c4c(c5cc(NC(=O)c6ccc(OC)cc6)ccc5c3O2)-c2ccc(-c3ccccc3)cc2C4(CCC)CCC)cc1. The molecule has 6 nitrogen and oxygen atoms in total. The van der Waals surface area contributed by atoms with E-state index < -0.39 is 5.60 Å². The highest BCUT2D eigenvalue weighted by Gasteiger charge is 2.48. The molecule has 2 aliphatic rings. The van der Waals surface area contributed by atoms with E-state index in [4.69, 9.17) is 18.9 Å². The third kappa shape index (κ3) is 8.23. The fourth-order valence-corrected chi connectivity index (χ4v) is 10.3. The van der Waals surface area contributed by atoms with Crippen molar-refractivity contribution in [2.45, 2.75) is 90.1 Å². The molecule has 0 bridgehead atoms. The predicted molar refractivity (Wildman–Crippen MR) is 270 cm³/mol. The van der Waals surface area contributed by atoms with Crippen LogP contribution in [0.1, 0.15) is 117 Å². The van der Waals surface area contributed by atoms with Crippen LogP contribution in [0.2, 0.25) is 0 Å². The number of ether oxygens (including phenoxy) is 4. The number of carbonyl (C=O) groups is 1. The molecule has 1 heterocycles. The van der Waals surface area contributed by atoms with E-state index in [9.17, 15) is 4.79 Å². The van der Waals surface area contributed by atoms with Crippen molar-refractivity contribution in [3.8, 4) is 45.3 Å². The molecular weight excluding hydrogens is 815 g/mol. The summed E-state index contributed by atoms with van der Waals surface area (Å²) in [4.78, 5) is 13.9. The van der Waals surface area contributed by atoms with E-state index in [0.29, 0.717) is 30.2 Å². The molecule has 0 atom stereocenters. The van der Waals surface area contributed by atoms with E-state index in [0.717, 1.165) is 96.1 Å². The van der Waals surface area contributed by atoms with E-state index >= 15 is 0 Å². The summed E-state index contributed by atoms with van der Waals surface area (Å²) in [6, 6.07) is 48.1. The van der Waals surface area contributed by atoms with Crippen LogP contribution in [0.4, 0.5) is 5.69 Å². The smallest absolute Gasteiger partial charge is 0.255 e. The van der Waals surface area contributed by atoms with Crippen LogP contribution in [-0.4, -0.2) is 26.2 Å². The Balaban J connectivity index is 1.27. The Morgan fingerprint density at radius 1 is 0.621 bits per heavy atom. The molecule has 336 valence electrons. The number of amides is 1. The zero-order chi connectivity index (χ0) is 45.7. The van der Waals surface area contributed by atoms with Gasteiger partial charge in [-0.2, -0.15) is 0 Å². The average molecular weight is 876 g/mol. The number of methoxy groups -OCH3 is 1. The van der Waals surface area contributed by atoms with Gasteiger partial charge in [0, 0.05) is 38.7 Å². The zero-order valence-corrected chi connectivity index (χ0v) is 39.0. The largest absolute Gasteiger partial charge is 0.497 e. The Hall–Kier alpha value is -6.79. The van der Waals surface area contributed by atoms with E-state index in [-0.39, 0.29) is 11.3 Å². The number of unbranched alkanes of at least 4 members (excludes halogenated alkanes) is 2. The molecule has 0 saturated heterocycles. The molecule has 66 heavy (non-hydrogen) atoms. The lowest BCUT2D eigenvalue weighted by Gasteiger charge is -2.40. The van der Waals surface area contributed by atoms with Gasteiger partial charge in [-0.15, -0.1) is 0 Å². The Bertz CT molecular complexity index is 2780. The van der Waals surface area contributed by atoms with Crippen molar-refractivity contribution in [1.82, 2.24) is 0 Å². The molecule has 1 aliphatic carbocycles. The summed E-state index contributed by atoms with van der Waals surface area (Å²) in [7, 11) is 1.63. The van der Waals surface area contributed by atoms with E-state index in [1.54, 1.807) is 19.2 Å². The van der Waals surface area contributed by atoms with Crippen LogP contribution < -0.4 is 24.3 Å². The quantitative estimate of drug-likeness (QED) is 0.0870. The van der Waals surface area contributed by atoms with Gasteiger partial charge in [-0.05, 0) is 143 Å². The molecule has 0 radical (unpaired) electrons. The van der Waals surface area contributed by atoms with Gasteiger partial charge in [-0.25, -0.2) is 0 Å². The summed E-state index contributed by atoms with van der Waals surface area (Å²) in [5.41, 5.74) is 10.6. The second kappa shape index (κ2) is 19.4. The topological polar surface area (TPSA) is 66.0 Å². The van der Waals surface area contributed by atoms with Gasteiger partial charge in [0.2, 0.25) is 0 Å². The highest BCUT2D eigenvalue weighted by molar-refractivity contribution is 6.11. The van der Waals surface area contributed by atoms with Crippen molar-refractivity contribution in [2.75, 3.05) is 25.6 Å². The van der Waals surface area contributed by atoms with Crippen molar-refractivity contribution in [1.29, 1.82) is 0 Å². The van der Waals surface area contributed by atoms with Crippen molar-refractivity contribution in [3.05, 3.63) is 179 Å². The summed E-state index contributed by atoms with van der Waals surface area (Å²) in [5.74, 6) is 3.02. The lowest BCUT2D eigenvalue weighted by atomic mass is 9.69. The van der Waals surface area contributed by atoms with Crippen LogP contribution >= 0.6 is 0 Å². The third-order valence-electron chi connectivity index (χ3n) is 13.5. The van der Waals surface area contributed by atoms with E-state index in [2.05, 4.69) is 154 Å². The minimum absolute atomic E-state index is 0.187. The van der Waals surface area contributed by atoms with Gasteiger partial charge in [0.25, 0.3) is 5.91 Å². The standard InChI is InChI=1S/C60H61NO5/c1-6-10-37-64-48-27-20-44(21-28-48)60(45-22-29-49(30-23-45)65-38-11-7-2)36-33-52-56-55(51-31-19-43(41-15-13-12-14-16-41)39-54(51)59(56,34-8-3)35-9-4)53-40-46(24-32-50(53)57(52)66-60)61-58(62)42-17-25-47(63-5)26-18-42/h12-33,36,39-40H,6-11,34-35,37-38H2,1-5H3,(H,61,62). The van der Waals surface area contributed by atoms with Gasteiger partial charge < -0.3 is 24.3 Å². The number of carbonyl (C=O) groups excluding carboxylic acids is 1. The van der Waals surface area contributed by atoms with Crippen molar-refractivity contribution >= 4 is 28.4 Å². The minimum Gasteiger partial charge on any atom is -0.497 e. The highest BCUT2D eigenvalue weighted by Crippen LogP contribution is 2.61. The van der Waals surface area contributed by atoms with Crippen molar-refractivity contribution in [3.63, 3.8) is 0 Å². The molecule has 0 unspecified atom stereocenters. The number of anilines is 1. The fraction of sp³-hybridized carbons (Fsp3) is 0.283. The number of hydrogen-bond donors (Lipinski definition) is 1. The first-order chi connectivity index (χ1) is 32.4. The lowest BCUT2D eigenvalue weighted by molar-refractivity contribution is 0.102. The van der Waals surface area contributed by atoms with E-state index in [1.165, 1.54) is 33.4 Å². The Morgan fingerprint density at radius 2 is 1.24 bits per heavy atom. The molecule has 0 spiro atoms. The summed E-state index contributed by atoms with van der Waals surface area (Å²) >= 11 is 0. The molecule has 0 saturated carbocycles. The second-order valence-electron chi connectivity index (χ2n) is 17.8. The first-order valence-corrected chi connectivity index (χ1v) is 24.0. The van der Waals surface area contributed by atoms with Crippen LogP contribution in [0.5, 0.6) is 23.0 Å². The molecule has 1 amide bonds. The summed E-state index contributed by atoms with van der Waals surface area (Å²) in [6.45, 7) is 10.3. The Labute approximate surface area is 390 Å². The fourth-order valence-electron chi connectivity index (χ4n) is 10.3. The monoisotopic (exact) mass is 875 g/mol. The maximum atomic E-state index is 13.9. The predicted octanol–water partition coefficient (Wildman–Crippen LogP) is 15.3. The van der Waals surface area contributed by atoms with Crippen LogP contribution in [0.3, 0.4) is 0 Å². The lowest BCUT2D eigenvalue weighted by Crippen LogP contribution is -2.35. The van der Waals surface area contributed by atoms with Gasteiger partial charge in [0.1, 0.15) is 23.0 Å². The normalized spacial score (nSPS) is 13.9. The number of fused-ring (bicyclic) bond motifs is 8. The zero-order valence-electron chi connectivity index (χ0n) is 39.0. The molecule has 1 N–H and O–H groups in total. The number of hydrogen-bond acceptors (Lipinski definition) is 5. The summed E-state index contributed by atoms with van der Waals surface area (Å²) < 4.78 is 25.5. The van der Waals surface area contributed by atoms with E-state index in [1.807, 2.05) is 18.2 Å². The highest BCUT2D eigenvalue weighted by atomic mass is 16.5. The molecule has 9 rings (SSSR count). The summed E-state index contributed by atoms with van der Waals surface area (Å²) in [6.07, 6.45) is 12.7. The minimum atomic E-state index is -0.983. The van der Waals surface area contributed by atoms with Gasteiger partial charge in [0.15, 0.2) is 5.60 Å². The first-order valence-electron chi connectivity index (χ1n) is 24.0. The molecule has 0 aromatic heterocycles. The molecule has 6 heteroatoms. The maximum absolute atomic E-state index is 13.9. The molecule has 7 aromatic rings. The number of rotatable bonds is 18. The van der Waals surface area contributed by atoms with Gasteiger partial charge in [-0.1, -0.05) is 126 Å². The average Bonchev–Trinajstić information content (AvgIpc) is 3.64. The van der Waals surface area contributed by atoms with Crippen molar-refractivity contribution < 1.29 is 23.7 Å². The van der Waals surface area contributed by atoms with Crippen LogP contribution in [0.15, 0.2) is 146 Å². The molecule has 7 aromatic carbocycles. The molecule has 0 fully saturated rings. The van der Waals surface area contributed by atoms with Crippen LogP contribution in [0.25, 0.3) is 39.1 Å². The Kier molecular flexibility index (Phi) is 13.0. The third-order valence-corrected chi connectivity index (χ3v) is 13.5. The first kappa shape index (κ1) is 44.4. The molecular formula is C60H61NO5. The van der Waals surface area contributed by atoms with Crippen LogP contribution in [-0.2, 0) is 11.0 Å². The number of nitrogens with one attached hydrogen (secondary N) is 1. The van der Waals surface area contributed by atoms with Crippen molar-refractivity contribution in [2.24, 2.45) is 0 Å². The second-order valence-corrected chi connectivity index (χ2v) is 17.8. The van der Waals surface area contributed by atoms with Gasteiger partial charge in [-0.3, -0.25) is 4.79 Å². The Morgan fingerprint density at radius 3 is 1.83 bits per heavy atom. The number of benzene rings is 7. The maximum Gasteiger partial charge on any atom is 0.255 e. The molecule has 1 aliphatic heterocycles. The van der Waals surface area contributed by atoms with Gasteiger partial charge in [0.05, 0.1) is 20.3 Å². The summed E-state index contributed by atoms with van der Waals surface area (Å²) in [5, 5.41) is 5.27.